The molecule has 4 rings (SSSR count). The number of amides is 1. The van der Waals surface area contributed by atoms with Crippen LogP contribution in [0, 0.1) is 0 Å². The maximum atomic E-state index is 13.0. The van der Waals surface area contributed by atoms with Crippen LogP contribution in [0.5, 0.6) is 0 Å². The molecule has 32 heavy (non-hydrogen) atoms. The van der Waals surface area contributed by atoms with Gasteiger partial charge in [-0.1, -0.05) is 66.7 Å². The van der Waals surface area contributed by atoms with Crippen LogP contribution in [0.4, 0.5) is 0 Å². The lowest BCUT2D eigenvalue weighted by atomic mass is 9.92. The van der Waals surface area contributed by atoms with Crippen molar-refractivity contribution >= 4 is 12.1 Å². The normalized spacial score (nSPS) is 13.7. The van der Waals surface area contributed by atoms with Gasteiger partial charge in [0.25, 0.3) is 5.91 Å². The van der Waals surface area contributed by atoms with E-state index >= 15 is 0 Å². The average Bonchev–Trinajstić information content (AvgIpc) is 2.85. The fourth-order valence-electron chi connectivity index (χ4n) is 3.96. The van der Waals surface area contributed by atoms with Gasteiger partial charge in [-0.05, 0) is 60.2 Å². The molecule has 1 aliphatic rings. The Hall–Kier alpha value is -3.66. The molecule has 0 fully saturated rings. The van der Waals surface area contributed by atoms with Gasteiger partial charge in [0.1, 0.15) is 6.67 Å². The van der Waals surface area contributed by atoms with E-state index in [0.29, 0.717) is 12.2 Å². The van der Waals surface area contributed by atoms with Gasteiger partial charge >= 0.3 is 0 Å². The molecule has 0 spiro atoms. The van der Waals surface area contributed by atoms with E-state index in [2.05, 4.69) is 58.7 Å². The summed E-state index contributed by atoms with van der Waals surface area (Å²) in [5.74, 6) is -0.0308. The zero-order valence-electron chi connectivity index (χ0n) is 18.4. The van der Waals surface area contributed by atoms with E-state index in [1.807, 2.05) is 60.8 Å². The summed E-state index contributed by atoms with van der Waals surface area (Å²) < 4.78 is 0. The first-order valence-electron chi connectivity index (χ1n) is 11.2. The van der Waals surface area contributed by atoms with Gasteiger partial charge in [0.05, 0.1) is 0 Å². The molecule has 1 atom stereocenters. The monoisotopic (exact) mass is 423 g/mol. The first kappa shape index (κ1) is 21.6. The largest absolute Gasteiger partial charge is 0.358 e. The van der Waals surface area contributed by atoms with Gasteiger partial charge in [-0.15, -0.1) is 0 Å². The van der Waals surface area contributed by atoms with Crippen LogP contribution < -0.4 is 5.32 Å². The predicted molar refractivity (Wildman–Crippen MR) is 133 cm³/mol. The van der Waals surface area contributed by atoms with Crippen molar-refractivity contribution in [1.82, 2.24) is 10.2 Å². The molecule has 3 aromatic rings. The average molecular weight is 424 g/mol. The molecule has 4 heteroatoms. The minimum atomic E-state index is -0.0308. The summed E-state index contributed by atoms with van der Waals surface area (Å²) in [6.07, 6.45) is 7.77. The van der Waals surface area contributed by atoms with Crippen LogP contribution >= 0.6 is 0 Å². The van der Waals surface area contributed by atoms with Crippen LogP contribution in [0.2, 0.25) is 0 Å². The number of carbonyl (C=O) groups is 1. The SMILES string of the molecule is CC(CCCN1C=CC=NC1)NC(=O)c1ccc(-c2ccccc2)c(-c2ccccc2)c1. The van der Waals surface area contributed by atoms with Crippen LogP contribution in [0.1, 0.15) is 30.1 Å². The number of hydrogen-bond donors (Lipinski definition) is 1. The third kappa shape index (κ3) is 5.52. The summed E-state index contributed by atoms with van der Waals surface area (Å²) in [6.45, 7) is 3.73. The number of rotatable bonds is 8. The van der Waals surface area contributed by atoms with Gasteiger partial charge in [0.2, 0.25) is 0 Å². The van der Waals surface area contributed by atoms with Gasteiger partial charge in [-0.2, -0.15) is 0 Å². The molecule has 1 aliphatic heterocycles. The molecule has 0 saturated heterocycles. The molecular weight excluding hydrogens is 394 g/mol. The number of aliphatic imine (C=N–C) groups is 1. The highest BCUT2D eigenvalue weighted by Crippen LogP contribution is 2.33. The predicted octanol–water partition coefficient (Wildman–Crippen LogP) is 5.78. The van der Waals surface area contributed by atoms with Crippen molar-refractivity contribution in [3.05, 3.63) is 96.7 Å². The van der Waals surface area contributed by atoms with Crippen molar-refractivity contribution in [3.8, 4) is 22.3 Å². The summed E-state index contributed by atoms with van der Waals surface area (Å²) in [5, 5.41) is 3.17. The fraction of sp³-hybridized carbons (Fsp3) is 0.214. The Balaban J connectivity index is 1.46. The number of nitrogens with zero attached hydrogens (tertiary/aromatic N) is 2. The molecule has 0 bridgehead atoms. The Bertz CT molecular complexity index is 1090. The zero-order valence-corrected chi connectivity index (χ0v) is 18.4. The van der Waals surface area contributed by atoms with Crippen LogP contribution in [0.3, 0.4) is 0 Å². The number of carbonyl (C=O) groups excluding carboxylic acids is 1. The summed E-state index contributed by atoms with van der Waals surface area (Å²) in [5.41, 5.74) is 5.12. The molecule has 1 amide bonds. The quantitative estimate of drug-likeness (QED) is 0.499. The zero-order chi connectivity index (χ0) is 22.2. The smallest absolute Gasteiger partial charge is 0.251 e. The molecule has 1 unspecified atom stereocenters. The highest BCUT2D eigenvalue weighted by Gasteiger charge is 2.14. The van der Waals surface area contributed by atoms with Crippen LogP contribution in [-0.4, -0.2) is 36.3 Å². The van der Waals surface area contributed by atoms with Gasteiger partial charge in [-0.3, -0.25) is 9.79 Å². The number of hydrogen-bond acceptors (Lipinski definition) is 3. The van der Waals surface area contributed by atoms with Gasteiger partial charge in [-0.25, -0.2) is 0 Å². The van der Waals surface area contributed by atoms with E-state index in [-0.39, 0.29) is 11.9 Å². The molecule has 0 aromatic heterocycles. The summed E-state index contributed by atoms with van der Waals surface area (Å²) >= 11 is 0. The van der Waals surface area contributed by atoms with Gasteiger partial charge in [0.15, 0.2) is 0 Å². The van der Waals surface area contributed by atoms with Crippen molar-refractivity contribution in [1.29, 1.82) is 0 Å². The Morgan fingerprint density at radius 1 is 0.969 bits per heavy atom. The van der Waals surface area contributed by atoms with E-state index in [9.17, 15) is 4.79 Å². The standard InChI is InChI=1S/C28H29N3O/c1-22(10-8-18-31-19-9-17-29-21-31)30-28(32)25-15-16-26(23-11-4-2-5-12-23)27(20-25)24-13-6-3-7-14-24/h2-7,9,11-17,19-20,22H,8,10,18,21H2,1H3,(H,30,32). The van der Waals surface area contributed by atoms with Gasteiger partial charge in [0, 0.05) is 30.6 Å². The highest BCUT2D eigenvalue weighted by molar-refractivity contribution is 5.97. The molecule has 4 nitrogen and oxygen atoms in total. The maximum absolute atomic E-state index is 13.0. The molecule has 0 aliphatic carbocycles. The van der Waals surface area contributed by atoms with E-state index in [0.717, 1.165) is 41.6 Å². The first-order chi connectivity index (χ1) is 15.7. The lowest BCUT2D eigenvalue weighted by Gasteiger charge is -2.21. The van der Waals surface area contributed by atoms with E-state index < -0.39 is 0 Å². The summed E-state index contributed by atoms with van der Waals surface area (Å²) in [4.78, 5) is 19.4. The second-order valence-electron chi connectivity index (χ2n) is 8.14. The maximum Gasteiger partial charge on any atom is 0.251 e. The second-order valence-corrected chi connectivity index (χ2v) is 8.14. The minimum absolute atomic E-state index is 0.0308. The molecular formula is C28H29N3O. The van der Waals surface area contributed by atoms with Crippen LogP contribution in [0.15, 0.2) is 96.1 Å². The Kier molecular flexibility index (Phi) is 7.13. The van der Waals surface area contributed by atoms with E-state index in [4.69, 9.17) is 0 Å². The van der Waals surface area contributed by atoms with E-state index in [1.54, 1.807) is 0 Å². The summed E-state index contributed by atoms with van der Waals surface area (Å²) in [7, 11) is 0. The number of nitrogens with one attached hydrogen (secondary N) is 1. The third-order valence-electron chi connectivity index (χ3n) is 5.66. The topological polar surface area (TPSA) is 44.7 Å². The molecule has 1 heterocycles. The Morgan fingerprint density at radius 3 is 2.31 bits per heavy atom. The molecule has 1 N–H and O–H groups in total. The molecule has 0 saturated carbocycles. The van der Waals surface area contributed by atoms with Crippen molar-refractivity contribution in [2.24, 2.45) is 4.99 Å². The lowest BCUT2D eigenvalue weighted by Crippen LogP contribution is -2.33. The number of benzene rings is 3. The Morgan fingerprint density at radius 2 is 1.66 bits per heavy atom. The van der Waals surface area contributed by atoms with Gasteiger partial charge < -0.3 is 10.2 Å². The minimum Gasteiger partial charge on any atom is -0.358 e. The molecule has 3 aromatic carbocycles. The fourth-order valence-corrected chi connectivity index (χ4v) is 3.96. The third-order valence-corrected chi connectivity index (χ3v) is 5.66. The van der Waals surface area contributed by atoms with Crippen LogP contribution in [-0.2, 0) is 0 Å². The first-order valence-corrected chi connectivity index (χ1v) is 11.2. The van der Waals surface area contributed by atoms with Crippen molar-refractivity contribution in [2.75, 3.05) is 13.2 Å². The van der Waals surface area contributed by atoms with Crippen molar-refractivity contribution in [2.45, 2.75) is 25.8 Å². The lowest BCUT2D eigenvalue weighted by molar-refractivity contribution is 0.0937. The van der Waals surface area contributed by atoms with Crippen LogP contribution in [0.25, 0.3) is 22.3 Å². The molecule has 162 valence electrons. The summed E-state index contributed by atoms with van der Waals surface area (Å²) in [6, 6.07) is 26.6. The number of allylic oxidation sites excluding steroid dienone is 1. The van der Waals surface area contributed by atoms with Crippen molar-refractivity contribution < 1.29 is 4.79 Å². The van der Waals surface area contributed by atoms with E-state index in [1.165, 1.54) is 0 Å². The Labute approximate surface area is 190 Å². The molecule has 0 radical (unpaired) electrons. The highest BCUT2D eigenvalue weighted by atomic mass is 16.1. The second kappa shape index (κ2) is 10.6. The van der Waals surface area contributed by atoms with Crippen molar-refractivity contribution in [3.63, 3.8) is 0 Å².